The maximum atomic E-state index is 14.0. The molecule has 5 nitrogen and oxygen atoms in total. The number of nitrogens with zero attached hydrogens (tertiary/aromatic N) is 1. The number of halogens is 1. The van der Waals surface area contributed by atoms with E-state index in [1.807, 2.05) is 12.1 Å². The van der Waals surface area contributed by atoms with Gasteiger partial charge in [0.15, 0.2) is 0 Å². The lowest BCUT2D eigenvalue weighted by Crippen LogP contribution is -2.14. The molecule has 2 amide bonds. The van der Waals surface area contributed by atoms with Crippen LogP contribution in [0.2, 0.25) is 0 Å². The highest BCUT2D eigenvalue weighted by molar-refractivity contribution is 6.12. The molecule has 0 unspecified atom stereocenters. The summed E-state index contributed by atoms with van der Waals surface area (Å²) < 4.78 is 14.0. The molecule has 0 spiro atoms. The SMILES string of the molecule is CC(=O)Nc1ccc(F)c(NC(=O)c2cccc3cccnc23)c1. The summed E-state index contributed by atoms with van der Waals surface area (Å²) in [5.41, 5.74) is 1.27. The van der Waals surface area contributed by atoms with Gasteiger partial charge in [-0.05, 0) is 30.3 Å². The van der Waals surface area contributed by atoms with Gasteiger partial charge < -0.3 is 10.6 Å². The largest absolute Gasteiger partial charge is 0.326 e. The van der Waals surface area contributed by atoms with Crippen LogP contribution >= 0.6 is 0 Å². The van der Waals surface area contributed by atoms with Crippen LogP contribution in [0, 0.1) is 5.82 Å². The van der Waals surface area contributed by atoms with Crippen molar-refractivity contribution in [3.63, 3.8) is 0 Å². The number of pyridine rings is 1. The summed E-state index contributed by atoms with van der Waals surface area (Å²) in [4.78, 5) is 27.8. The van der Waals surface area contributed by atoms with Gasteiger partial charge in [0.25, 0.3) is 5.91 Å². The first-order valence-electron chi connectivity index (χ1n) is 7.27. The smallest absolute Gasteiger partial charge is 0.257 e. The Morgan fingerprint density at radius 3 is 2.62 bits per heavy atom. The Balaban J connectivity index is 1.93. The van der Waals surface area contributed by atoms with Crippen molar-refractivity contribution in [1.82, 2.24) is 4.98 Å². The van der Waals surface area contributed by atoms with E-state index >= 15 is 0 Å². The van der Waals surface area contributed by atoms with Crippen molar-refractivity contribution in [3.05, 3.63) is 66.1 Å². The molecular weight excluding hydrogens is 309 g/mol. The lowest BCUT2D eigenvalue weighted by atomic mass is 10.1. The van der Waals surface area contributed by atoms with Crippen LogP contribution in [0.4, 0.5) is 15.8 Å². The normalized spacial score (nSPS) is 10.4. The van der Waals surface area contributed by atoms with Crippen LogP contribution in [-0.4, -0.2) is 16.8 Å². The van der Waals surface area contributed by atoms with Gasteiger partial charge in [0, 0.05) is 24.2 Å². The summed E-state index contributed by atoms with van der Waals surface area (Å²) in [6, 6.07) is 12.8. The molecule has 120 valence electrons. The fourth-order valence-corrected chi connectivity index (χ4v) is 2.38. The third-order valence-electron chi connectivity index (χ3n) is 3.41. The highest BCUT2D eigenvalue weighted by atomic mass is 19.1. The van der Waals surface area contributed by atoms with Crippen LogP contribution < -0.4 is 10.6 Å². The van der Waals surface area contributed by atoms with Crippen molar-refractivity contribution < 1.29 is 14.0 Å². The molecule has 6 heteroatoms. The average Bonchev–Trinajstić information content (AvgIpc) is 2.57. The fourth-order valence-electron chi connectivity index (χ4n) is 2.38. The van der Waals surface area contributed by atoms with E-state index < -0.39 is 11.7 Å². The number of carbonyl (C=O) groups is 2. The molecule has 0 atom stereocenters. The number of amides is 2. The number of rotatable bonds is 3. The Kier molecular flexibility index (Phi) is 4.20. The Morgan fingerprint density at radius 2 is 1.83 bits per heavy atom. The van der Waals surface area contributed by atoms with Gasteiger partial charge >= 0.3 is 0 Å². The minimum absolute atomic E-state index is 0.0146. The van der Waals surface area contributed by atoms with E-state index in [2.05, 4.69) is 15.6 Å². The molecule has 0 aliphatic carbocycles. The molecular formula is C18H14FN3O2. The van der Waals surface area contributed by atoms with Crippen LogP contribution in [0.1, 0.15) is 17.3 Å². The molecule has 0 aliphatic rings. The first-order chi connectivity index (χ1) is 11.5. The Labute approximate surface area is 137 Å². The molecule has 0 saturated carbocycles. The number of nitrogens with one attached hydrogen (secondary N) is 2. The monoisotopic (exact) mass is 323 g/mol. The van der Waals surface area contributed by atoms with Gasteiger partial charge in [-0.1, -0.05) is 18.2 Å². The quantitative estimate of drug-likeness (QED) is 0.774. The molecule has 0 saturated heterocycles. The van der Waals surface area contributed by atoms with Gasteiger partial charge in [-0.3, -0.25) is 14.6 Å². The topological polar surface area (TPSA) is 71.1 Å². The van der Waals surface area contributed by atoms with E-state index in [-0.39, 0.29) is 11.6 Å². The second-order valence-corrected chi connectivity index (χ2v) is 5.21. The minimum Gasteiger partial charge on any atom is -0.326 e. The van der Waals surface area contributed by atoms with Crippen LogP contribution in [0.15, 0.2) is 54.7 Å². The zero-order chi connectivity index (χ0) is 17.1. The molecule has 0 radical (unpaired) electrons. The molecule has 0 fully saturated rings. The van der Waals surface area contributed by atoms with Crippen molar-refractivity contribution >= 4 is 34.1 Å². The molecule has 0 bridgehead atoms. The molecule has 3 aromatic rings. The lowest BCUT2D eigenvalue weighted by Gasteiger charge is -2.10. The van der Waals surface area contributed by atoms with Crippen molar-refractivity contribution in [3.8, 4) is 0 Å². The summed E-state index contributed by atoms with van der Waals surface area (Å²) in [5, 5.41) is 5.89. The third-order valence-corrected chi connectivity index (χ3v) is 3.41. The molecule has 1 aromatic heterocycles. The lowest BCUT2D eigenvalue weighted by molar-refractivity contribution is -0.114. The first kappa shape index (κ1) is 15.6. The van der Waals surface area contributed by atoms with Crippen LogP contribution in [0.25, 0.3) is 10.9 Å². The van der Waals surface area contributed by atoms with E-state index in [0.717, 1.165) is 5.39 Å². The van der Waals surface area contributed by atoms with E-state index in [0.29, 0.717) is 16.8 Å². The number of carbonyl (C=O) groups excluding carboxylic acids is 2. The number of hydrogen-bond donors (Lipinski definition) is 2. The summed E-state index contributed by atoms with van der Waals surface area (Å²) in [6.07, 6.45) is 1.59. The maximum Gasteiger partial charge on any atom is 0.257 e. The average molecular weight is 323 g/mol. The summed E-state index contributed by atoms with van der Waals surface area (Å²) >= 11 is 0. The van der Waals surface area contributed by atoms with Crippen molar-refractivity contribution in [2.75, 3.05) is 10.6 Å². The first-order valence-corrected chi connectivity index (χ1v) is 7.27. The van der Waals surface area contributed by atoms with Gasteiger partial charge in [-0.2, -0.15) is 0 Å². The number of fused-ring (bicyclic) bond motifs is 1. The number of anilines is 2. The standard InChI is InChI=1S/C18H14FN3O2/c1-11(23)21-13-7-8-15(19)16(10-13)22-18(24)14-6-2-4-12-5-3-9-20-17(12)14/h2-10H,1H3,(H,21,23)(H,22,24). The zero-order valence-corrected chi connectivity index (χ0v) is 12.8. The highest BCUT2D eigenvalue weighted by Crippen LogP contribution is 2.22. The predicted octanol–water partition coefficient (Wildman–Crippen LogP) is 3.58. The van der Waals surface area contributed by atoms with Gasteiger partial charge in [-0.25, -0.2) is 4.39 Å². The van der Waals surface area contributed by atoms with Crippen molar-refractivity contribution in [2.45, 2.75) is 6.92 Å². The van der Waals surface area contributed by atoms with Crippen molar-refractivity contribution in [1.29, 1.82) is 0 Å². The number of hydrogen-bond acceptors (Lipinski definition) is 3. The Bertz CT molecular complexity index is 935. The number of para-hydroxylation sites is 1. The predicted molar refractivity (Wildman–Crippen MR) is 90.4 cm³/mol. The van der Waals surface area contributed by atoms with E-state index in [4.69, 9.17) is 0 Å². The van der Waals surface area contributed by atoms with Crippen LogP contribution in [-0.2, 0) is 4.79 Å². The van der Waals surface area contributed by atoms with Crippen LogP contribution in [0.3, 0.4) is 0 Å². The van der Waals surface area contributed by atoms with E-state index in [1.54, 1.807) is 24.4 Å². The number of benzene rings is 2. The van der Waals surface area contributed by atoms with Gasteiger partial charge in [-0.15, -0.1) is 0 Å². The molecule has 2 aromatic carbocycles. The summed E-state index contributed by atoms with van der Waals surface area (Å²) in [5.74, 6) is -1.35. The fraction of sp³-hybridized carbons (Fsp3) is 0.0556. The third kappa shape index (κ3) is 3.22. The second-order valence-electron chi connectivity index (χ2n) is 5.21. The summed E-state index contributed by atoms with van der Waals surface area (Å²) in [6.45, 7) is 1.35. The van der Waals surface area contributed by atoms with Gasteiger partial charge in [0.05, 0.1) is 16.8 Å². The highest BCUT2D eigenvalue weighted by Gasteiger charge is 2.13. The summed E-state index contributed by atoms with van der Waals surface area (Å²) in [7, 11) is 0. The minimum atomic E-state index is -0.592. The Hall–Kier alpha value is -3.28. The molecule has 3 rings (SSSR count). The Morgan fingerprint density at radius 1 is 1.04 bits per heavy atom. The van der Waals surface area contributed by atoms with Gasteiger partial charge in [0.1, 0.15) is 5.82 Å². The zero-order valence-electron chi connectivity index (χ0n) is 12.8. The van der Waals surface area contributed by atoms with Crippen LogP contribution in [0.5, 0.6) is 0 Å². The molecule has 24 heavy (non-hydrogen) atoms. The number of aromatic nitrogens is 1. The second kappa shape index (κ2) is 6.45. The van der Waals surface area contributed by atoms with Crippen molar-refractivity contribution in [2.24, 2.45) is 0 Å². The maximum absolute atomic E-state index is 14.0. The molecule has 2 N–H and O–H groups in total. The van der Waals surface area contributed by atoms with Gasteiger partial charge in [0.2, 0.25) is 5.91 Å². The van der Waals surface area contributed by atoms with E-state index in [9.17, 15) is 14.0 Å². The molecule has 1 heterocycles. The molecule has 0 aliphatic heterocycles. The van der Waals surface area contributed by atoms with E-state index in [1.165, 1.54) is 25.1 Å².